The largest absolute Gasteiger partial charge is 0.378 e. The molecule has 142 valence electrons. The predicted molar refractivity (Wildman–Crippen MR) is 102 cm³/mol. The zero-order valence-electron chi connectivity index (χ0n) is 15.6. The Hall–Kier alpha value is -2.67. The van der Waals surface area contributed by atoms with Crippen molar-refractivity contribution in [1.29, 1.82) is 0 Å². The van der Waals surface area contributed by atoms with Gasteiger partial charge in [-0.2, -0.15) is 8.42 Å². The highest BCUT2D eigenvalue weighted by Crippen LogP contribution is 2.34. The highest BCUT2D eigenvalue weighted by Gasteiger charge is 2.31. The summed E-state index contributed by atoms with van der Waals surface area (Å²) in [6.07, 6.45) is 0.571. The van der Waals surface area contributed by atoms with Crippen LogP contribution in [-0.4, -0.2) is 26.2 Å². The maximum atomic E-state index is 12.7. The molecule has 0 saturated carbocycles. The van der Waals surface area contributed by atoms with Gasteiger partial charge in [-0.15, -0.1) is 0 Å². The average molecular weight is 387 g/mol. The molecule has 1 aliphatic rings. The fraction of sp³-hybridized carbons (Fsp3) is 0.300. The molecular formula is C20H21NO5S. The lowest BCUT2D eigenvalue weighted by molar-refractivity contribution is -0.116. The van der Waals surface area contributed by atoms with Crippen LogP contribution < -0.4 is 9.08 Å². The lowest BCUT2D eigenvalue weighted by Gasteiger charge is -2.20. The molecule has 0 aliphatic carbocycles. The average Bonchev–Trinajstić information content (AvgIpc) is 2.91. The topological polar surface area (TPSA) is 80.8 Å². The second-order valence-corrected chi connectivity index (χ2v) is 8.37. The highest BCUT2D eigenvalue weighted by molar-refractivity contribution is 7.87. The first kappa shape index (κ1) is 19.1. The molecule has 2 aromatic carbocycles. The number of hydrogen-bond donors (Lipinski definition) is 0. The normalized spacial score (nSPS) is 16.1. The highest BCUT2D eigenvalue weighted by atomic mass is 32.2. The van der Waals surface area contributed by atoms with Crippen molar-refractivity contribution in [2.75, 3.05) is 4.90 Å². The summed E-state index contributed by atoms with van der Waals surface area (Å²) in [5.74, 6) is -0.352. The SMILES string of the molecule is CC(=O)c1cc(C)ccc1OS(=O)(=O)c1ccc2c(c1)C[C@H](C)N2C(C)=O. The van der Waals surface area contributed by atoms with Crippen molar-refractivity contribution in [2.45, 2.75) is 45.1 Å². The standard InChI is InChI=1S/C20H21NO5S/c1-12-5-8-20(18(9-12)14(3)22)26-27(24,25)17-6-7-19-16(11-17)10-13(2)21(19)15(4)23/h5-9,11,13H,10H2,1-4H3/t13-/m0/s1. The molecule has 0 aromatic heterocycles. The van der Waals surface area contributed by atoms with Crippen LogP contribution in [-0.2, 0) is 21.3 Å². The molecule has 2 aromatic rings. The molecule has 0 unspecified atom stereocenters. The van der Waals surface area contributed by atoms with Crippen molar-refractivity contribution >= 4 is 27.5 Å². The van der Waals surface area contributed by atoms with Gasteiger partial charge in [0.05, 0.1) is 5.56 Å². The lowest BCUT2D eigenvalue weighted by atomic mass is 10.1. The molecule has 1 atom stereocenters. The number of aryl methyl sites for hydroxylation is 1. The quantitative estimate of drug-likeness (QED) is 0.594. The van der Waals surface area contributed by atoms with Crippen LogP contribution in [0.1, 0.15) is 42.3 Å². The first-order valence-corrected chi connectivity index (χ1v) is 10.00. The molecule has 1 heterocycles. The Kier molecular flexibility index (Phi) is 4.82. The van der Waals surface area contributed by atoms with Gasteiger partial charge in [-0.1, -0.05) is 11.6 Å². The third-order valence-corrected chi connectivity index (χ3v) is 5.84. The van der Waals surface area contributed by atoms with E-state index in [0.29, 0.717) is 12.1 Å². The maximum Gasteiger partial charge on any atom is 0.339 e. The smallest absolute Gasteiger partial charge is 0.339 e. The number of fused-ring (bicyclic) bond motifs is 1. The van der Waals surface area contributed by atoms with Gasteiger partial charge < -0.3 is 9.08 Å². The predicted octanol–water partition coefficient (Wildman–Crippen LogP) is 3.26. The number of carbonyl (C=O) groups is 2. The summed E-state index contributed by atoms with van der Waals surface area (Å²) in [6, 6.07) is 9.32. The number of rotatable bonds is 4. The third-order valence-electron chi connectivity index (χ3n) is 4.61. The van der Waals surface area contributed by atoms with E-state index in [1.54, 1.807) is 23.1 Å². The van der Waals surface area contributed by atoms with E-state index in [-0.39, 0.29) is 33.9 Å². The molecule has 3 rings (SSSR count). The number of nitrogens with zero attached hydrogens (tertiary/aromatic N) is 1. The van der Waals surface area contributed by atoms with Crippen LogP contribution in [0.5, 0.6) is 5.75 Å². The van der Waals surface area contributed by atoms with Crippen molar-refractivity contribution in [3.8, 4) is 5.75 Å². The van der Waals surface area contributed by atoms with Gasteiger partial charge in [0.25, 0.3) is 0 Å². The van der Waals surface area contributed by atoms with Gasteiger partial charge in [0.1, 0.15) is 4.90 Å². The second-order valence-electron chi connectivity index (χ2n) is 6.83. The Morgan fingerprint density at radius 3 is 2.44 bits per heavy atom. The van der Waals surface area contributed by atoms with E-state index in [4.69, 9.17) is 4.18 Å². The summed E-state index contributed by atoms with van der Waals surface area (Å²) in [7, 11) is -4.11. The van der Waals surface area contributed by atoms with Crippen molar-refractivity contribution in [1.82, 2.24) is 0 Å². The van der Waals surface area contributed by atoms with Gasteiger partial charge in [0.2, 0.25) is 5.91 Å². The molecule has 0 saturated heterocycles. The number of benzene rings is 2. The Labute approximate surface area is 158 Å². The van der Waals surface area contributed by atoms with E-state index in [1.165, 1.54) is 32.0 Å². The van der Waals surface area contributed by atoms with E-state index in [0.717, 1.165) is 11.1 Å². The van der Waals surface area contributed by atoms with Gasteiger partial charge in [0.15, 0.2) is 11.5 Å². The molecule has 6 nitrogen and oxygen atoms in total. The van der Waals surface area contributed by atoms with Crippen LogP contribution >= 0.6 is 0 Å². The summed E-state index contributed by atoms with van der Waals surface area (Å²) < 4.78 is 30.8. The van der Waals surface area contributed by atoms with Gasteiger partial charge in [0, 0.05) is 18.7 Å². The number of hydrogen-bond acceptors (Lipinski definition) is 5. The van der Waals surface area contributed by atoms with Gasteiger partial charge >= 0.3 is 10.1 Å². The molecule has 7 heteroatoms. The molecule has 0 fully saturated rings. The Balaban J connectivity index is 1.97. The third kappa shape index (κ3) is 3.60. The van der Waals surface area contributed by atoms with E-state index in [9.17, 15) is 18.0 Å². The summed E-state index contributed by atoms with van der Waals surface area (Å²) in [5.41, 5.74) is 2.55. The molecular weight excluding hydrogens is 366 g/mol. The zero-order valence-corrected chi connectivity index (χ0v) is 16.5. The Bertz CT molecular complexity index is 1040. The number of anilines is 1. The maximum absolute atomic E-state index is 12.7. The van der Waals surface area contributed by atoms with Crippen molar-refractivity contribution in [3.63, 3.8) is 0 Å². The summed E-state index contributed by atoms with van der Waals surface area (Å²) in [4.78, 5) is 25.3. The first-order chi connectivity index (χ1) is 12.6. The van der Waals surface area contributed by atoms with E-state index in [2.05, 4.69) is 0 Å². The molecule has 27 heavy (non-hydrogen) atoms. The summed E-state index contributed by atoms with van der Waals surface area (Å²) in [5, 5.41) is 0. The van der Waals surface area contributed by atoms with Crippen molar-refractivity contribution < 1.29 is 22.2 Å². The van der Waals surface area contributed by atoms with Gasteiger partial charge in [-0.3, -0.25) is 9.59 Å². The molecule has 1 amide bonds. The van der Waals surface area contributed by atoms with Crippen LogP contribution in [0.25, 0.3) is 0 Å². The Morgan fingerprint density at radius 2 is 1.81 bits per heavy atom. The van der Waals surface area contributed by atoms with Crippen LogP contribution in [0.2, 0.25) is 0 Å². The summed E-state index contributed by atoms with van der Waals surface area (Å²) >= 11 is 0. The number of Topliss-reactive ketones (excluding diaryl/α,β-unsaturated/α-hetero) is 1. The number of amides is 1. The number of carbonyl (C=O) groups excluding carboxylic acids is 2. The van der Waals surface area contributed by atoms with E-state index in [1.807, 2.05) is 13.8 Å². The first-order valence-electron chi connectivity index (χ1n) is 8.59. The van der Waals surface area contributed by atoms with Gasteiger partial charge in [-0.05, 0) is 63.1 Å². The second kappa shape index (κ2) is 6.81. The van der Waals surface area contributed by atoms with Crippen molar-refractivity contribution in [2.24, 2.45) is 0 Å². The lowest BCUT2D eigenvalue weighted by Crippen LogP contribution is -2.33. The minimum Gasteiger partial charge on any atom is -0.378 e. The van der Waals surface area contributed by atoms with Crippen LogP contribution in [0.3, 0.4) is 0 Å². The molecule has 0 bridgehead atoms. The fourth-order valence-electron chi connectivity index (χ4n) is 3.40. The number of ketones is 1. The molecule has 0 radical (unpaired) electrons. The minimum atomic E-state index is -4.11. The van der Waals surface area contributed by atoms with Crippen LogP contribution in [0.4, 0.5) is 5.69 Å². The summed E-state index contributed by atoms with van der Waals surface area (Å²) in [6.45, 7) is 6.58. The molecule has 0 N–H and O–H groups in total. The zero-order chi connectivity index (χ0) is 19.9. The van der Waals surface area contributed by atoms with E-state index < -0.39 is 10.1 Å². The van der Waals surface area contributed by atoms with E-state index >= 15 is 0 Å². The molecule has 1 aliphatic heterocycles. The molecule has 0 spiro atoms. The van der Waals surface area contributed by atoms with Crippen molar-refractivity contribution in [3.05, 3.63) is 53.1 Å². The van der Waals surface area contributed by atoms with Crippen LogP contribution in [0, 0.1) is 6.92 Å². The monoisotopic (exact) mass is 387 g/mol. The minimum absolute atomic E-state index is 0.00562. The fourth-order valence-corrected chi connectivity index (χ4v) is 4.40. The van der Waals surface area contributed by atoms with Gasteiger partial charge in [-0.25, -0.2) is 0 Å². The van der Waals surface area contributed by atoms with Crippen LogP contribution in [0.15, 0.2) is 41.3 Å². The Morgan fingerprint density at radius 1 is 1.11 bits per heavy atom.